The molecular weight excluding hydrogens is 456 g/mol. The number of carbonyl (C=O) groups excluding carboxylic acids is 1. The fraction of sp³-hybridized carbons (Fsp3) is 0.190. The summed E-state index contributed by atoms with van der Waals surface area (Å²) in [7, 11) is 0. The Labute approximate surface area is 182 Å². The van der Waals surface area contributed by atoms with Crippen LogP contribution in [0.25, 0.3) is 11.3 Å². The Hall–Kier alpha value is -3.83. The van der Waals surface area contributed by atoms with Crippen LogP contribution in [0.2, 0.25) is 0 Å². The van der Waals surface area contributed by atoms with Crippen LogP contribution in [0.15, 0.2) is 48.8 Å². The number of alkyl halides is 5. The predicted molar refractivity (Wildman–Crippen MR) is 103 cm³/mol. The molecule has 0 bridgehead atoms. The molecule has 0 N–H and O–H groups in total. The van der Waals surface area contributed by atoms with E-state index in [-0.39, 0.29) is 40.7 Å². The number of benzene rings is 1. The summed E-state index contributed by atoms with van der Waals surface area (Å²) in [6.45, 7) is -4.73. The Morgan fingerprint density at radius 1 is 1.06 bits per heavy atom. The third-order valence-electron chi connectivity index (χ3n) is 4.68. The van der Waals surface area contributed by atoms with E-state index in [1.807, 2.05) is 0 Å². The van der Waals surface area contributed by atoms with E-state index in [2.05, 4.69) is 14.7 Å². The molecule has 0 radical (unpaired) electrons. The number of anilines is 1. The first-order chi connectivity index (χ1) is 15.6. The molecule has 0 unspecified atom stereocenters. The lowest BCUT2D eigenvalue weighted by Crippen LogP contribution is -2.23. The Morgan fingerprint density at radius 2 is 1.85 bits per heavy atom. The molecule has 0 spiro atoms. The summed E-state index contributed by atoms with van der Waals surface area (Å²) in [4.78, 5) is 22.1. The van der Waals surface area contributed by atoms with E-state index in [1.165, 1.54) is 41.6 Å². The molecule has 12 heteroatoms. The minimum atomic E-state index is -4.64. The van der Waals surface area contributed by atoms with Gasteiger partial charge in [0.1, 0.15) is 11.6 Å². The van der Waals surface area contributed by atoms with Gasteiger partial charge in [-0.2, -0.15) is 22.0 Å². The standard InChI is InChI=1S/C21H13F6N3O3/c22-11-1-3-14(16(7-11)32-10-21(25,26)27)18-15-9-30(19(31)13(15)5-6-28-18)12-2-4-17(29-8-12)33-20(23)24/h1-8,20H,9-10H2. The average Bonchev–Trinajstić information content (AvgIpc) is 3.09. The number of pyridine rings is 2. The van der Waals surface area contributed by atoms with Crippen molar-refractivity contribution >= 4 is 11.6 Å². The van der Waals surface area contributed by atoms with Crippen LogP contribution in [0.1, 0.15) is 15.9 Å². The largest absolute Gasteiger partial charge is 0.483 e. The van der Waals surface area contributed by atoms with Gasteiger partial charge in [-0.05, 0) is 24.3 Å². The Morgan fingerprint density at radius 3 is 2.52 bits per heavy atom. The normalized spacial score (nSPS) is 13.4. The van der Waals surface area contributed by atoms with Crippen LogP contribution < -0.4 is 14.4 Å². The molecule has 0 fully saturated rings. The van der Waals surface area contributed by atoms with E-state index in [9.17, 15) is 31.1 Å². The zero-order valence-electron chi connectivity index (χ0n) is 16.4. The maximum Gasteiger partial charge on any atom is 0.422 e. The zero-order valence-corrected chi connectivity index (χ0v) is 16.4. The van der Waals surface area contributed by atoms with Crippen molar-refractivity contribution in [2.24, 2.45) is 0 Å². The third-order valence-corrected chi connectivity index (χ3v) is 4.68. The Balaban J connectivity index is 1.68. The number of fused-ring (bicyclic) bond motifs is 1. The average molecular weight is 469 g/mol. The second-order valence-electron chi connectivity index (χ2n) is 6.85. The van der Waals surface area contributed by atoms with Crippen LogP contribution in [0.3, 0.4) is 0 Å². The monoisotopic (exact) mass is 469 g/mol. The van der Waals surface area contributed by atoms with Crippen molar-refractivity contribution < 1.29 is 40.6 Å². The van der Waals surface area contributed by atoms with Crippen molar-refractivity contribution in [2.45, 2.75) is 19.3 Å². The van der Waals surface area contributed by atoms with E-state index < -0.39 is 31.1 Å². The fourth-order valence-electron chi connectivity index (χ4n) is 3.33. The van der Waals surface area contributed by atoms with E-state index in [4.69, 9.17) is 4.74 Å². The van der Waals surface area contributed by atoms with Gasteiger partial charge in [-0.25, -0.2) is 9.37 Å². The minimum Gasteiger partial charge on any atom is -0.483 e. The van der Waals surface area contributed by atoms with Crippen LogP contribution in [-0.2, 0) is 6.54 Å². The number of nitrogens with zero attached hydrogens (tertiary/aromatic N) is 3. The van der Waals surface area contributed by atoms with E-state index in [0.29, 0.717) is 5.56 Å². The van der Waals surface area contributed by atoms with Gasteiger partial charge in [0.15, 0.2) is 6.61 Å². The lowest BCUT2D eigenvalue weighted by molar-refractivity contribution is -0.153. The van der Waals surface area contributed by atoms with Gasteiger partial charge in [-0.1, -0.05) is 0 Å². The second kappa shape index (κ2) is 8.60. The molecular formula is C21H13F6N3O3. The molecule has 0 saturated carbocycles. The maximum absolute atomic E-state index is 13.7. The summed E-state index contributed by atoms with van der Waals surface area (Å²) < 4.78 is 85.2. The van der Waals surface area contributed by atoms with Gasteiger partial charge >= 0.3 is 12.8 Å². The van der Waals surface area contributed by atoms with Crippen LogP contribution >= 0.6 is 0 Å². The van der Waals surface area contributed by atoms with Gasteiger partial charge in [0.05, 0.1) is 24.1 Å². The van der Waals surface area contributed by atoms with Crippen molar-refractivity contribution in [3.8, 4) is 22.9 Å². The Bertz CT molecular complexity index is 1180. The molecule has 6 nitrogen and oxygen atoms in total. The molecule has 33 heavy (non-hydrogen) atoms. The number of halogens is 6. The first kappa shape index (κ1) is 22.4. The highest BCUT2D eigenvalue weighted by molar-refractivity contribution is 6.11. The fourth-order valence-corrected chi connectivity index (χ4v) is 3.33. The van der Waals surface area contributed by atoms with Gasteiger partial charge < -0.3 is 14.4 Å². The molecule has 1 aliphatic rings. The first-order valence-corrected chi connectivity index (χ1v) is 9.32. The van der Waals surface area contributed by atoms with Gasteiger partial charge in [-0.15, -0.1) is 0 Å². The van der Waals surface area contributed by atoms with Gasteiger partial charge in [0.25, 0.3) is 5.91 Å². The van der Waals surface area contributed by atoms with Gasteiger partial charge in [-0.3, -0.25) is 9.78 Å². The van der Waals surface area contributed by atoms with Crippen LogP contribution in [0.5, 0.6) is 11.6 Å². The third kappa shape index (κ3) is 4.83. The highest BCUT2D eigenvalue weighted by Crippen LogP contribution is 2.38. The molecule has 2 aromatic heterocycles. The van der Waals surface area contributed by atoms with E-state index in [1.54, 1.807) is 0 Å². The van der Waals surface area contributed by atoms with Crippen LogP contribution in [-0.4, -0.2) is 35.3 Å². The zero-order chi connectivity index (χ0) is 23.8. The van der Waals surface area contributed by atoms with Crippen molar-refractivity contribution in [3.63, 3.8) is 0 Å². The molecule has 0 aliphatic carbocycles. The number of hydrogen-bond donors (Lipinski definition) is 0. The maximum atomic E-state index is 13.7. The predicted octanol–water partition coefficient (Wildman–Crippen LogP) is 4.99. The van der Waals surface area contributed by atoms with E-state index >= 15 is 0 Å². The van der Waals surface area contributed by atoms with Crippen molar-refractivity contribution in [1.29, 1.82) is 0 Å². The lowest BCUT2D eigenvalue weighted by atomic mass is 10.0. The lowest BCUT2D eigenvalue weighted by Gasteiger charge is -2.16. The van der Waals surface area contributed by atoms with Gasteiger partial charge in [0, 0.05) is 35.0 Å². The molecule has 1 aliphatic heterocycles. The Kier molecular flexibility index (Phi) is 5.83. The molecule has 0 saturated heterocycles. The SMILES string of the molecule is O=C1c2ccnc(-c3ccc(F)cc3OCC(F)(F)F)c2CN1c1ccc(OC(F)F)nc1. The van der Waals surface area contributed by atoms with Gasteiger partial charge in [0.2, 0.25) is 5.88 Å². The number of ether oxygens (including phenoxy) is 2. The summed E-state index contributed by atoms with van der Waals surface area (Å²) in [5.41, 5.74) is 1.09. The van der Waals surface area contributed by atoms with Crippen molar-refractivity contribution in [1.82, 2.24) is 9.97 Å². The number of amides is 1. The molecule has 4 rings (SSSR count). The highest BCUT2D eigenvalue weighted by atomic mass is 19.4. The molecule has 3 aromatic rings. The quantitative estimate of drug-likeness (QED) is 0.477. The summed E-state index contributed by atoms with van der Waals surface area (Å²) in [6, 6.07) is 7.02. The summed E-state index contributed by atoms with van der Waals surface area (Å²) in [5, 5.41) is 0. The first-order valence-electron chi connectivity index (χ1n) is 9.32. The highest BCUT2D eigenvalue weighted by Gasteiger charge is 2.33. The number of aromatic nitrogens is 2. The number of rotatable bonds is 6. The molecule has 0 atom stereocenters. The summed E-state index contributed by atoms with van der Waals surface area (Å²) >= 11 is 0. The molecule has 1 aromatic carbocycles. The topological polar surface area (TPSA) is 64.5 Å². The van der Waals surface area contributed by atoms with E-state index in [0.717, 1.165) is 12.1 Å². The van der Waals surface area contributed by atoms with Crippen LogP contribution in [0, 0.1) is 5.82 Å². The number of hydrogen-bond acceptors (Lipinski definition) is 5. The van der Waals surface area contributed by atoms with Crippen molar-refractivity contribution in [3.05, 3.63) is 65.7 Å². The molecule has 172 valence electrons. The summed E-state index contributed by atoms with van der Waals surface area (Å²) in [5.74, 6) is -1.98. The summed E-state index contributed by atoms with van der Waals surface area (Å²) in [6.07, 6.45) is -2.18. The smallest absolute Gasteiger partial charge is 0.422 e. The molecule has 3 heterocycles. The molecule has 1 amide bonds. The minimum absolute atomic E-state index is 0.0375. The number of carbonyl (C=O) groups is 1. The second-order valence-corrected chi connectivity index (χ2v) is 6.85. The van der Waals surface area contributed by atoms with Crippen LogP contribution in [0.4, 0.5) is 32.0 Å². The van der Waals surface area contributed by atoms with Crippen molar-refractivity contribution in [2.75, 3.05) is 11.5 Å².